The van der Waals surface area contributed by atoms with Gasteiger partial charge < -0.3 is 4.98 Å². The maximum Gasteiger partial charge on any atom is 0.254 e. The van der Waals surface area contributed by atoms with E-state index < -0.39 is 5.41 Å². The second-order valence-electron chi connectivity index (χ2n) is 4.11. The number of allylic oxidation sites excluding steroid dienone is 1. The van der Waals surface area contributed by atoms with Crippen molar-refractivity contribution < 1.29 is 4.92 Å². The van der Waals surface area contributed by atoms with Crippen molar-refractivity contribution in [2.45, 2.75) is 20.3 Å². The van der Waals surface area contributed by atoms with E-state index in [0.29, 0.717) is 12.1 Å². The van der Waals surface area contributed by atoms with E-state index in [4.69, 9.17) is 0 Å². The summed E-state index contributed by atoms with van der Waals surface area (Å²) in [5, 5.41) is 10.8. The summed E-state index contributed by atoms with van der Waals surface area (Å²) in [4.78, 5) is 17.5. The fraction of sp³-hybridized carbons (Fsp3) is 0.444. The molecule has 0 aromatic carbocycles. The van der Waals surface area contributed by atoms with E-state index >= 15 is 0 Å². The highest BCUT2D eigenvalue weighted by atomic mass is 16.6. The van der Waals surface area contributed by atoms with Crippen LogP contribution >= 0.6 is 0 Å². The number of hydrogen-bond acceptors (Lipinski definition) is 3. The smallest absolute Gasteiger partial charge is 0.254 e. The van der Waals surface area contributed by atoms with Gasteiger partial charge in [-0.15, -0.1) is 0 Å². The third-order valence-electron chi connectivity index (χ3n) is 2.53. The van der Waals surface area contributed by atoms with Crippen molar-refractivity contribution in [3.05, 3.63) is 33.5 Å². The lowest BCUT2D eigenvalue weighted by molar-refractivity contribution is -0.438. The van der Waals surface area contributed by atoms with Gasteiger partial charge >= 0.3 is 0 Å². The van der Waals surface area contributed by atoms with E-state index in [0.717, 1.165) is 5.69 Å². The lowest BCUT2D eigenvalue weighted by Gasteiger charge is -2.23. The molecule has 1 N–H and O–H groups in total. The molecule has 14 heavy (non-hydrogen) atoms. The Balaban J connectivity index is 2.54. The minimum Gasteiger partial charge on any atom is -0.348 e. The lowest BCUT2D eigenvalue weighted by atomic mass is 9.80. The van der Waals surface area contributed by atoms with Crippen molar-refractivity contribution in [3.8, 4) is 0 Å². The molecular weight excluding hydrogens is 182 g/mol. The molecule has 5 nitrogen and oxygen atoms in total. The predicted molar refractivity (Wildman–Crippen MR) is 51.0 cm³/mol. The van der Waals surface area contributed by atoms with Crippen LogP contribution in [0.3, 0.4) is 0 Å². The molecule has 0 spiro atoms. The molecule has 0 amide bonds. The third kappa shape index (κ3) is 1.21. The van der Waals surface area contributed by atoms with Crippen LogP contribution in [0.5, 0.6) is 0 Å². The summed E-state index contributed by atoms with van der Waals surface area (Å²) in [5.74, 6) is 0. The fourth-order valence-corrected chi connectivity index (χ4v) is 1.75. The summed E-state index contributed by atoms with van der Waals surface area (Å²) in [6, 6.07) is 0. The summed E-state index contributed by atoms with van der Waals surface area (Å²) in [6.07, 6.45) is 3.75. The molecule has 1 aliphatic rings. The average molecular weight is 193 g/mol. The Bertz CT molecular complexity index is 417. The summed E-state index contributed by atoms with van der Waals surface area (Å²) in [6.45, 7) is 3.73. The molecule has 0 saturated carbocycles. The minimum absolute atomic E-state index is 0.233. The highest BCUT2D eigenvalue weighted by Gasteiger charge is 2.38. The number of hydrogen-bond donors (Lipinski definition) is 1. The topological polar surface area (TPSA) is 71.8 Å². The van der Waals surface area contributed by atoms with Gasteiger partial charge in [-0.05, 0) is 13.8 Å². The van der Waals surface area contributed by atoms with Gasteiger partial charge in [0.2, 0.25) is 0 Å². The quantitative estimate of drug-likeness (QED) is 0.544. The highest BCUT2D eigenvalue weighted by molar-refractivity contribution is 5.54. The summed E-state index contributed by atoms with van der Waals surface area (Å²) in [7, 11) is 0. The number of nitrogens with one attached hydrogen (secondary N) is 1. The van der Waals surface area contributed by atoms with E-state index in [1.165, 1.54) is 0 Å². The summed E-state index contributed by atoms with van der Waals surface area (Å²) < 4.78 is 0. The van der Waals surface area contributed by atoms with Gasteiger partial charge in [0.15, 0.2) is 0 Å². The molecule has 0 bridgehead atoms. The van der Waals surface area contributed by atoms with Gasteiger partial charge in [-0.3, -0.25) is 10.1 Å². The standard InChI is InChI=1S/C9H11N3O2/c1-9(2)4-7-6(10-5-11-7)3-8(9)12(13)14/h3,5H,4H2,1-2H3,(H,10,11). The van der Waals surface area contributed by atoms with Crippen LogP contribution in [-0.2, 0) is 6.42 Å². The summed E-state index contributed by atoms with van der Waals surface area (Å²) in [5.41, 5.74) is 1.47. The molecule has 1 aromatic rings. The molecule has 74 valence electrons. The molecule has 1 heterocycles. The van der Waals surface area contributed by atoms with Gasteiger partial charge in [-0.2, -0.15) is 0 Å². The molecule has 5 heteroatoms. The van der Waals surface area contributed by atoms with Crippen LogP contribution < -0.4 is 0 Å². The Morgan fingerprint density at radius 1 is 1.64 bits per heavy atom. The van der Waals surface area contributed by atoms with Crippen LogP contribution in [0.2, 0.25) is 0 Å². The molecule has 1 aliphatic carbocycles. The van der Waals surface area contributed by atoms with E-state index in [9.17, 15) is 10.1 Å². The SMILES string of the molecule is CC1(C)Cc2[nH]cnc2C=C1[N+](=O)[O-]. The van der Waals surface area contributed by atoms with Crippen LogP contribution in [0.1, 0.15) is 25.2 Å². The largest absolute Gasteiger partial charge is 0.348 e. The van der Waals surface area contributed by atoms with Gasteiger partial charge in [0.05, 0.1) is 22.4 Å². The van der Waals surface area contributed by atoms with Gasteiger partial charge in [0.1, 0.15) is 0 Å². The molecule has 0 aliphatic heterocycles. The second kappa shape index (κ2) is 2.67. The first kappa shape index (κ1) is 8.93. The molecule has 0 atom stereocenters. The Morgan fingerprint density at radius 2 is 2.36 bits per heavy atom. The number of fused-ring (bicyclic) bond motifs is 1. The van der Waals surface area contributed by atoms with Crippen molar-refractivity contribution in [1.82, 2.24) is 9.97 Å². The van der Waals surface area contributed by atoms with Crippen LogP contribution in [0.4, 0.5) is 0 Å². The number of nitrogens with zero attached hydrogens (tertiary/aromatic N) is 2. The first-order valence-corrected chi connectivity index (χ1v) is 4.39. The number of H-pyrrole nitrogens is 1. The van der Waals surface area contributed by atoms with Crippen molar-refractivity contribution >= 4 is 6.08 Å². The zero-order valence-corrected chi connectivity index (χ0v) is 8.07. The average Bonchev–Trinajstić information content (AvgIpc) is 2.46. The van der Waals surface area contributed by atoms with E-state index in [2.05, 4.69) is 9.97 Å². The second-order valence-corrected chi connectivity index (χ2v) is 4.11. The molecule has 1 aromatic heterocycles. The highest BCUT2D eigenvalue weighted by Crippen LogP contribution is 2.36. The number of aromatic amines is 1. The van der Waals surface area contributed by atoms with Gasteiger partial charge in [-0.25, -0.2) is 4.98 Å². The zero-order valence-electron chi connectivity index (χ0n) is 8.07. The monoisotopic (exact) mass is 193 g/mol. The molecule has 0 unspecified atom stereocenters. The van der Waals surface area contributed by atoms with Crippen LogP contribution in [0, 0.1) is 15.5 Å². The molecular formula is C9H11N3O2. The molecule has 0 radical (unpaired) electrons. The Hall–Kier alpha value is -1.65. The van der Waals surface area contributed by atoms with E-state index in [1.54, 1.807) is 12.4 Å². The zero-order chi connectivity index (χ0) is 10.3. The molecule has 0 fully saturated rings. The maximum absolute atomic E-state index is 10.8. The number of rotatable bonds is 1. The first-order valence-electron chi connectivity index (χ1n) is 4.39. The number of imidazole rings is 1. The fourth-order valence-electron chi connectivity index (χ4n) is 1.75. The minimum atomic E-state index is -0.428. The third-order valence-corrected chi connectivity index (χ3v) is 2.53. The Kier molecular flexibility index (Phi) is 1.70. The number of nitro groups is 1. The number of aromatic nitrogens is 2. The lowest BCUT2D eigenvalue weighted by Crippen LogP contribution is -2.26. The molecule has 2 rings (SSSR count). The first-order chi connectivity index (χ1) is 6.50. The normalized spacial score (nSPS) is 18.6. The van der Waals surface area contributed by atoms with Gasteiger partial charge in [0, 0.05) is 18.2 Å². The van der Waals surface area contributed by atoms with E-state index in [-0.39, 0.29) is 10.6 Å². The Morgan fingerprint density at radius 3 is 3.00 bits per heavy atom. The van der Waals surface area contributed by atoms with Crippen molar-refractivity contribution in [3.63, 3.8) is 0 Å². The van der Waals surface area contributed by atoms with Gasteiger partial charge in [0.25, 0.3) is 5.70 Å². The summed E-state index contributed by atoms with van der Waals surface area (Å²) >= 11 is 0. The predicted octanol–water partition coefficient (Wildman–Crippen LogP) is 1.61. The van der Waals surface area contributed by atoms with Crippen LogP contribution in [-0.4, -0.2) is 14.9 Å². The van der Waals surface area contributed by atoms with E-state index in [1.807, 2.05) is 13.8 Å². The Labute approximate surface area is 81.0 Å². The van der Waals surface area contributed by atoms with Crippen molar-refractivity contribution in [2.24, 2.45) is 5.41 Å². The van der Waals surface area contributed by atoms with Crippen LogP contribution in [0.25, 0.3) is 6.08 Å². The van der Waals surface area contributed by atoms with Crippen molar-refractivity contribution in [1.29, 1.82) is 0 Å². The van der Waals surface area contributed by atoms with Crippen LogP contribution in [0.15, 0.2) is 12.0 Å². The van der Waals surface area contributed by atoms with Crippen molar-refractivity contribution in [2.75, 3.05) is 0 Å². The van der Waals surface area contributed by atoms with Gasteiger partial charge in [-0.1, -0.05) is 0 Å². The maximum atomic E-state index is 10.8. The molecule has 0 saturated heterocycles.